The van der Waals surface area contributed by atoms with Gasteiger partial charge in [-0.05, 0) is 62.2 Å². The molecule has 3 rings (SSSR count). The lowest BCUT2D eigenvalue weighted by Crippen LogP contribution is -2.52. The maximum atomic E-state index is 13.9. The van der Waals surface area contributed by atoms with Crippen LogP contribution in [0.1, 0.15) is 32.8 Å². The molecular formula is C28H30Cl3N3O4S. The van der Waals surface area contributed by atoms with Crippen LogP contribution in [0.2, 0.25) is 15.1 Å². The number of nitrogens with zero attached hydrogens (tertiary/aromatic N) is 2. The number of sulfonamides is 1. The van der Waals surface area contributed by atoms with Crippen molar-refractivity contribution in [1.82, 2.24) is 10.2 Å². The molecule has 0 saturated heterocycles. The van der Waals surface area contributed by atoms with Gasteiger partial charge in [0.2, 0.25) is 11.8 Å². The molecule has 7 nitrogen and oxygen atoms in total. The Morgan fingerprint density at radius 2 is 1.54 bits per heavy atom. The number of carbonyl (C=O) groups excluding carboxylic acids is 2. The number of hydrogen-bond acceptors (Lipinski definition) is 4. The molecule has 11 heteroatoms. The molecule has 39 heavy (non-hydrogen) atoms. The normalized spacial score (nSPS) is 12.9. The Bertz CT molecular complexity index is 1400. The van der Waals surface area contributed by atoms with Crippen molar-refractivity contribution < 1.29 is 18.0 Å². The van der Waals surface area contributed by atoms with Crippen molar-refractivity contribution >= 4 is 62.3 Å². The van der Waals surface area contributed by atoms with Gasteiger partial charge in [-0.25, -0.2) is 8.42 Å². The Morgan fingerprint density at radius 1 is 0.897 bits per heavy atom. The van der Waals surface area contributed by atoms with Crippen molar-refractivity contribution in [2.24, 2.45) is 0 Å². The van der Waals surface area contributed by atoms with E-state index in [2.05, 4.69) is 5.32 Å². The van der Waals surface area contributed by atoms with Gasteiger partial charge in [0.05, 0.1) is 20.6 Å². The van der Waals surface area contributed by atoms with Gasteiger partial charge in [0.1, 0.15) is 12.6 Å². The topological polar surface area (TPSA) is 86.8 Å². The highest BCUT2D eigenvalue weighted by Gasteiger charge is 2.33. The number of anilines is 1. The monoisotopic (exact) mass is 609 g/mol. The molecule has 0 spiro atoms. The summed E-state index contributed by atoms with van der Waals surface area (Å²) >= 11 is 18.7. The van der Waals surface area contributed by atoms with Crippen molar-refractivity contribution in [3.63, 3.8) is 0 Å². The van der Waals surface area contributed by atoms with Gasteiger partial charge in [-0.3, -0.25) is 13.9 Å². The standard InChI is InChI=1S/C28H30Cl3N3O4S/c1-4-19(2)32-28(36)20(3)33(17-21-13-15-22(29)16-14-21)26(35)18-34(25-12-8-11-24(30)27(25)31)39(37,38)23-9-6-5-7-10-23/h5-16,19-20H,4,17-18H2,1-3H3,(H,32,36)/t19-,20-/m1/s1. The average molecular weight is 611 g/mol. The van der Waals surface area contributed by atoms with E-state index < -0.39 is 28.5 Å². The van der Waals surface area contributed by atoms with E-state index in [4.69, 9.17) is 34.8 Å². The summed E-state index contributed by atoms with van der Waals surface area (Å²) in [6.07, 6.45) is 0.708. The van der Waals surface area contributed by atoms with E-state index >= 15 is 0 Å². The molecule has 0 aliphatic rings. The van der Waals surface area contributed by atoms with E-state index in [0.717, 1.165) is 4.31 Å². The molecule has 0 aromatic heterocycles. The molecule has 1 N–H and O–H groups in total. The van der Waals surface area contributed by atoms with Gasteiger partial charge in [0, 0.05) is 17.6 Å². The predicted molar refractivity (Wildman–Crippen MR) is 157 cm³/mol. The number of benzene rings is 3. The molecule has 0 radical (unpaired) electrons. The Labute approximate surface area is 244 Å². The van der Waals surface area contributed by atoms with Crippen molar-refractivity contribution in [2.45, 2.75) is 50.7 Å². The van der Waals surface area contributed by atoms with Crippen LogP contribution in [0.25, 0.3) is 0 Å². The molecule has 0 fully saturated rings. The predicted octanol–water partition coefficient (Wildman–Crippen LogP) is 6.17. The van der Waals surface area contributed by atoms with E-state index in [1.54, 1.807) is 55.5 Å². The fourth-order valence-corrected chi connectivity index (χ4v) is 5.77. The van der Waals surface area contributed by atoms with Crippen LogP contribution in [0.5, 0.6) is 0 Å². The molecular weight excluding hydrogens is 581 g/mol. The highest BCUT2D eigenvalue weighted by atomic mass is 35.5. The molecule has 3 aromatic carbocycles. The maximum Gasteiger partial charge on any atom is 0.264 e. The minimum absolute atomic E-state index is 0.0155. The zero-order chi connectivity index (χ0) is 28.7. The Balaban J connectivity index is 2.05. The van der Waals surface area contributed by atoms with Crippen molar-refractivity contribution in [3.05, 3.63) is 93.4 Å². The molecule has 2 amide bonds. The third kappa shape index (κ3) is 7.66. The van der Waals surface area contributed by atoms with Crippen LogP contribution >= 0.6 is 34.8 Å². The molecule has 0 unspecified atom stereocenters. The molecule has 0 saturated carbocycles. The van der Waals surface area contributed by atoms with Crippen LogP contribution in [0.15, 0.2) is 77.7 Å². The first-order valence-electron chi connectivity index (χ1n) is 12.3. The van der Waals surface area contributed by atoms with Crippen LogP contribution in [-0.2, 0) is 26.2 Å². The lowest BCUT2D eigenvalue weighted by atomic mass is 10.1. The van der Waals surface area contributed by atoms with Crippen LogP contribution in [0.3, 0.4) is 0 Å². The van der Waals surface area contributed by atoms with Crippen LogP contribution in [0.4, 0.5) is 5.69 Å². The fourth-order valence-electron chi connectivity index (χ4n) is 3.75. The summed E-state index contributed by atoms with van der Waals surface area (Å²) in [6.45, 7) is 4.84. The number of carbonyl (C=O) groups is 2. The van der Waals surface area contributed by atoms with Crippen LogP contribution < -0.4 is 9.62 Å². The van der Waals surface area contributed by atoms with Crippen LogP contribution in [-0.4, -0.2) is 43.8 Å². The Morgan fingerprint density at radius 3 is 2.15 bits per heavy atom. The van der Waals surface area contributed by atoms with E-state index in [9.17, 15) is 18.0 Å². The van der Waals surface area contributed by atoms with Gasteiger partial charge in [0.25, 0.3) is 10.0 Å². The number of amides is 2. The second-order valence-corrected chi connectivity index (χ2v) is 12.1. The second-order valence-electron chi connectivity index (χ2n) is 9.04. The molecule has 208 valence electrons. The lowest BCUT2D eigenvalue weighted by Gasteiger charge is -2.32. The molecule has 2 atom stereocenters. The lowest BCUT2D eigenvalue weighted by molar-refractivity contribution is -0.139. The van der Waals surface area contributed by atoms with Crippen molar-refractivity contribution in [2.75, 3.05) is 10.8 Å². The van der Waals surface area contributed by atoms with Gasteiger partial charge < -0.3 is 10.2 Å². The zero-order valence-corrected chi connectivity index (χ0v) is 24.9. The largest absolute Gasteiger partial charge is 0.352 e. The van der Waals surface area contributed by atoms with Gasteiger partial charge in [-0.1, -0.05) is 78.1 Å². The fraction of sp³-hybridized carbons (Fsp3) is 0.286. The van der Waals surface area contributed by atoms with Gasteiger partial charge in [-0.2, -0.15) is 0 Å². The number of nitrogens with one attached hydrogen (secondary N) is 1. The van der Waals surface area contributed by atoms with E-state index in [0.29, 0.717) is 17.0 Å². The highest BCUT2D eigenvalue weighted by molar-refractivity contribution is 7.92. The highest BCUT2D eigenvalue weighted by Crippen LogP contribution is 2.35. The number of hydrogen-bond donors (Lipinski definition) is 1. The van der Waals surface area contributed by atoms with Crippen molar-refractivity contribution in [1.29, 1.82) is 0 Å². The summed E-state index contributed by atoms with van der Waals surface area (Å²) in [6, 6.07) is 18.1. The quantitative estimate of drug-likeness (QED) is 0.281. The molecule has 0 bridgehead atoms. The molecule has 0 aliphatic heterocycles. The number of halogens is 3. The van der Waals surface area contributed by atoms with E-state index in [-0.39, 0.29) is 39.1 Å². The first-order valence-corrected chi connectivity index (χ1v) is 14.9. The molecule has 0 aliphatic carbocycles. The van der Waals surface area contributed by atoms with Crippen molar-refractivity contribution in [3.8, 4) is 0 Å². The second kappa shape index (κ2) is 13.5. The average Bonchev–Trinajstić information content (AvgIpc) is 2.92. The minimum atomic E-state index is -4.24. The summed E-state index contributed by atoms with van der Waals surface area (Å²) in [5.41, 5.74) is 0.763. The smallest absolute Gasteiger partial charge is 0.264 e. The summed E-state index contributed by atoms with van der Waals surface area (Å²) in [5.74, 6) is -0.961. The first-order chi connectivity index (χ1) is 18.4. The maximum absolute atomic E-state index is 13.9. The SMILES string of the molecule is CC[C@@H](C)NC(=O)[C@@H](C)N(Cc1ccc(Cl)cc1)C(=O)CN(c1cccc(Cl)c1Cl)S(=O)(=O)c1ccccc1. The van der Waals surface area contributed by atoms with Crippen LogP contribution in [0, 0.1) is 0 Å². The Kier molecular flexibility index (Phi) is 10.7. The zero-order valence-electron chi connectivity index (χ0n) is 21.8. The van der Waals surface area contributed by atoms with E-state index in [1.165, 1.54) is 29.2 Å². The first kappa shape index (κ1) is 30.8. The third-order valence-electron chi connectivity index (χ3n) is 6.24. The van der Waals surface area contributed by atoms with Gasteiger partial charge >= 0.3 is 0 Å². The van der Waals surface area contributed by atoms with E-state index in [1.807, 2.05) is 13.8 Å². The molecule has 3 aromatic rings. The summed E-state index contributed by atoms with van der Waals surface area (Å²) in [5, 5.41) is 3.53. The Hall–Kier alpha value is -2.78. The van der Waals surface area contributed by atoms with Gasteiger partial charge in [-0.15, -0.1) is 0 Å². The summed E-state index contributed by atoms with van der Waals surface area (Å²) < 4.78 is 28.5. The third-order valence-corrected chi connectivity index (χ3v) is 9.08. The summed E-state index contributed by atoms with van der Waals surface area (Å²) in [7, 11) is -4.24. The number of rotatable bonds is 11. The minimum Gasteiger partial charge on any atom is -0.352 e. The van der Waals surface area contributed by atoms with Gasteiger partial charge in [0.15, 0.2) is 0 Å². The summed E-state index contributed by atoms with van der Waals surface area (Å²) in [4.78, 5) is 28.3. The molecule has 0 heterocycles.